The summed E-state index contributed by atoms with van der Waals surface area (Å²) in [5.41, 5.74) is 1.21. The van der Waals surface area contributed by atoms with Gasteiger partial charge < -0.3 is 0 Å². The highest BCUT2D eigenvalue weighted by molar-refractivity contribution is 6.08. The fourth-order valence-corrected chi connectivity index (χ4v) is 3.17. The third kappa shape index (κ3) is 1.85. The molecule has 0 radical (unpaired) electrons. The molecule has 2 aromatic rings. The maximum Gasteiger partial charge on any atom is 0.363 e. The monoisotopic (exact) mass is 320 g/mol. The average Bonchev–Trinajstić information content (AvgIpc) is 3.52. The van der Waals surface area contributed by atoms with Gasteiger partial charge in [0.25, 0.3) is 5.66 Å². The van der Waals surface area contributed by atoms with E-state index in [0.29, 0.717) is 0 Å². The van der Waals surface area contributed by atoms with Crippen LogP contribution >= 0.6 is 0 Å². The Kier molecular flexibility index (Phi) is 2.67. The van der Waals surface area contributed by atoms with Crippen LogP contribution in [0.15, 0.2) is 61.8 Å². The number of unbranched alkanes of at least 4 members (excludes halogenated alkanes) is 1. The Labute approximate surface area is 138 Å². The van der Waals surface area contributed by atoms with Gasteiger partial charge in [0.15, 0.2) is 0 Å². The SMILES string of the molecule is CCCCC1(C2(ON3C=Nc4cccc5cccc3c45)N=N2)N=N1. The van der Waals surface area contributed by atoms with Crippen LogP contribution in [0, 0.1) is 0 Å². The minimum atomic E-state index is -1.03. The molecule has 2 aromatic carbocycles. The molecule has 0 aliphatic carbocycles. The maximum atomic E-state index is 6.12. The zero-order valence-electron chi connectivity index (χ0n) is 13.3. The molecule has 5 rings (SSSR count). The summed E-state index contributed by atoms with van der Waals surface area (Å²) in [5, 5.41) is 20.5. The van der Waals surface area contributed by atoms with Crippen LogP contribution in [-0.4, -0.2) is 17.9 Å². The molecule has 0 amide bonds. The van der Waals surface area contributed by atoms with Crippen LogP contribution < -0.4 is 5.06 Å². The standard InChI is InChI=1S/C17H16N6O/c1-2-3-10-16(19-20-16)17(21-22-17)24-23-11-18-13-8-4-6-12-7-5-9-14(23)15(12)13/h4-9,11H,2-3,10H2,1H3. The van der Waals surface area contributed by atoms with Crippen molar-refractivity contribution in [3.63, 3.8) is 0 Å². The molecule has 7 nitrogen and oxygen atoms in total. The van der Waals surface area contributed by atoms with Crippen molar-refractivity contribution < 1.29 is 4.84 Å². The van der Waals surface area contributed by atoms with Gasteiger partial charge in [-0.15, -0.1) is 10.2 Å². The van der Waals surface area contributed by atoms with Gasteiger partial charge in [-0.3, -0.25) is 0 Å². The number of nitrogens with zero attached hydrogens (tertiary/aromatic N) is 6. The third-order valence-electron chi connectivity index (χ3n) is 4.65. The minimum absolute atomic E-state index is 0.651. The Morgan fingerprint density at radius 3 is 2.54 bits per heavy atom. The predicted molar refractivity (Wildman–Crippen MR) is 90.4 cm³/mol. The molecular weight excluding hydrogens is 304 g/mol. The fraction of sp³-hybridized carbons (Fsp3) is 0.353. The van der Waals surface area contributed by atoms with Crippen molar-refractivity contribution in [2.45, 2.75) is 37.7 Å². The van der Waals surface area contributed by atoms with Crippen LogP contribution in [0.3, 0.4) is 0 Å². The smallest absolute Gasteiger partial charge is 0.236 e. The fourth-order valence-electron chi connectivity index (χ4n) is 3.17. The molecule has 0 saturated heterocycles. The summed E-state index contributed by atoms with van der Waals surface area (Å²) in [4.78, 5) is 10.6. The first-order valence-corrected chi connectivity index (χ1v) is 8.19. The van der Waals surface area contributed by atoms with Crippen LogP contribution in [0.2, 0.25) is 0 Å². The summed E-state index contributed by atoms with van der Waals surface area (Å²) in [7, 11) is 0. The van der Waals surface area contributed by atoms with Gasteiger partial charge in [-0.1, -0.05) is 37.6 Å². The Morgan fingerprint density at radius 1 is 1.04 bits per heavy atom. The largest absolute Gasteiger partial charge is 0.363 e. The molecule has 120 valence electrons. The number of aliphatic imine (C=N–C) groups is 1. The molecular formula is C17H16N6O. The number of benzene rings is 2. The average molecular weight is 320 g/mol. The zero-order valence-corrected chi connectivity index (χ0v) is 13.3. The quantitative estimate of drug-likeness (QED) is 0.772. The molecule has 3 aliphatic rings. The van der Waals surface area contributed by atoms with Gasteiger partial charge >= 0.3 is 5.85 Å². The Bertz CT molecular complexity index is 901. The molecule has 3 heterocycles. The second kappa shape index (κ2) is 4.67. The first kappa shape index (κ1) is 13.7. The first-order valence-electron chi connectivity index (χ1n) is 8.19. The number of hydrogen-bond donors (Lipinski definition) is 0. The molecule has 0 N–H and O–H groups in total. The lowest BCUT2D eigenvalue weighted by atomic mass is 10.0. The lowest BCUT2D eigenvalue weighted by Crippen LogP contribution is -2.42. The highest BCUT2D eigenvalue weighted by Crippen LogP contribution is 2.54. The maximum absolute atomic E-state index is 6.12. The van der Waals surface area contributed by atoms with Gasteiger partial charge in [0.2, 0.25) is 0 Å². The van der Waals surface area contributed by atoms with Crippen LogP contribution in [0.25, 0.3) is 10.8 Å². The summed E-state index contributed by atoms with van der Waals surface area (Å²) in [6.07, 6.45) is 4.54. The van der Waals surface area contributed by atoms with Gasteiger partial charge in [0.1, 0.15) is 6.34 Å². The number of hydroxylamine groups is 1. The van der Waals surface area contributed by atoms with E-state index in [9.17, 15) is 0 Å². The number of anilines is 1. The summed E-state index contributed by atoms with van der Waals surface area (Å²) < 4.78 is 0. The van der Waals surface area contributed by atoms with Crippen molar-refractivity contribution in [1.82, 2.24) is 0 Å². The van der Waals surface area contributed by atoms with Crippen LogP contribution in [-0.2, 0) is 4.84 Å². The van der Waals surface area contributed by atoms with E-state index < -0.39 is 11.5 Å². The normalized spacial score (nSPS) is 20.6. The van der Waals surface area contributed by atoms with E-state index >= 15 is 0 Å². The molecule has 0 saturated carbocycles. The second-order valence-electron chi connectivity index (χ2n) is 6.24. The van der Waals surface area contributed by atoms with Gasteiger partial charge in [0.05, 0.1) is 11.4 Å². The molecule has 0 bridgehead atoms. The number of rotatable bonds is 6. The summed E-state index contributed by atoms with van der Waals surface area (Å²) >= 11 is 0. The van der Waals surface area contributed by atoms with Crippen molar-refractivity contribution >= 4 is 28.5 Å². The minimum Gasteiger partial charge on any atom is -0.236 e. The van der Waals surface area contributed by atoms with Crippen molar-refractivity contribution in [2.24, 2.45) is 25.4 Å². The molecule has 7 heteroatoms. The van der Waals surface area contributed by atoms with Crippen molar-refractivity contribution in [3.05, 3.63) is 36.4 Å². The van der Waals surface area contributed by atoms with Crippen molar-refractivity contribution in [1.29, 1.82) is 0 Å². The lowest BCUT2D eigenvalue weighted by Gasteiger charge is -2.28. The molecule has 0 atom stereocenters. The second-order valence-corrected chi connectivity index (χ2v) is 6.24. The predicted octanol–water partition coefficient (Wildman–Crippen LogP) is 4.72. The van der Waals surface area contributed by atoms with E-state index in [1.165, 1.54) is 0 Å². The Balaban J connectivity index is 1.47. The third-order valence-corrected chi connectivity index (χ3v) is 4.65. The summed E-state index contributed by atoms with van der Waals surface area (Å²) in [6, 6.07) is 12.1. The Hall–Kier alpha value is -2.67. The zero-order chi connectivity index (χ0) is 16.2. The van der Waals surface area contributed by atoms with Gasteiger partial charge in [0, 0.05) is 11.8 Å². The van der Waals surface area contributed by atoms with E-state index in [2.05, 4.69) is 44.5 Å². The van der Waals surface area contributed by atoms with Gasteiger partial charge in [-0.2, -0.15) is 10.2 Å². The highest BCUT2D eigenvalue weighted by Gasteiger charge is 2.70. The van der Waals surface area contributed by atoms with E-state index in [0.717, 1.165) is 41.4 Å². The van der Waals surface area contributed by atoms with Gasteiger partial charge in [-0.05, 0) is 23.9 Å². The van der Waals surface area contributed by atoms with Crippen LogP contribution in [0.1, 0.15) is 26.2 Å². The molecule has 24 heavy (non-hydrogen) atoms. The van der Waals surface area contributed by atoms with Gasteiger partial charge in [-0.25, -0.2) is 14.9 Å². The van der Waals surface area contributed by atoms with Crippen LogP contribution in [0.4, 0.5) is 11.4 Å². The summed E-state index contributed by atoms with van der Waals surface area (Å²) in [6.45, 7) is 2.14. The molecule has 0 spiro atoms. The number of hydrogen-bond acceptors (Lipinski definition) is 7. The highest BCUT2D eigenvalue weighted by atomic mass is 16.7. The molecule has 0 aromatic heterocycles. The van der Waals surface area contributed by atoms with Crippen molar-refractivity contribution in [2.75, 3.05) is 5.06 Å². The Morgan fingerprint density at radius 2 is 1.83 bits per heavy atom. The van der Waals surface area contributed by atoms with Crippen molar-refractivity contribution in [3.8, 4) is 0 Å². The summed E-state index contributed by atoms with van der Waals surface area (Å²) in [5.74, 6) is -1.03. The molecule has 3 aliphatic heterocycles. The molecule has 0 unspecified atom stereocenters. The molecule has 0 fully saturated rings. The van der Waals surface area contributed by atoms with E-state index in [1.807, 2.05) is 24.3 Å². The van der Waals surface area contributed by atoms with E-state index in [4.69, 9.17) is 4.84 Å². The van der Waals surface area contributed by atoms with Crippen LogP contribution in [0.5, 0.6) is 0 Å². The lowest BCUT2D eigenvalue weighted by molar-refractivity contribution is -0.0113. The first-order chi connectivity index (χ1) is 11.8. The topological polar surface area (TPSA) is 74.3 Å². The van der Waals surface area contributed by atoms with E-state index in [-0.39, 0.29) is 0 Å². The van der Waals surface area contributed by atoms with E-state index in [1.54, 1.807) is 11.4 Å².